The van der Waals surface area contributed by atoms with Gasteiger partial charge in [-0.2, -0.15) is 0 Å². The van der Waals surface area contributed by atoms with Crippen LogP contribution in [0.3, 0.4) is 0 Å². The second kappa shape index (κ2) is 7.22. The molecule has 0 spiro atoms. The van der Waals surface area contributed by atoms with E-state index < -0.39 is 0 Å². The van der Waals surface area contributed by atoms with Crippen LogP contribution in [-0.4, -0.2) is 37.6 Å². The highest BCUT2D eigenvalue weighted by Gasteiger charge is 2.19. The van der Waals surface area contributed by atoms with Gasteiger partial charge in [0.2, 0.25) is 5.91 Å². The number of carbonyl (C=O) groups excluding carboxylic acids is 2. The molecule has 1 saturated heterocycles. The molecule has 16 heavy (non-hydrogen) atoms. The molecule has 0 bridgehead atoms. The summed E-state index contributed by atoms with van der Waals surface area (Å²) in [5, 5.41) is 5.89. The second-order valence-corrected chi connectivity index (χ2v) is 3.85. The number of piperidine rings is 1. The van der Waals surface area contributed by atoms with Crippen molar-refractivity contribution in [3.63, 3.8) is 0 Å². The van der Waals surface area contributed by atoms with Crippen LogP contribution in [-0.2, 0) is 14.3 Å². The highest BCUT2D eigenvalue weighted by molar-refractivity contribution is 5.82. The summed E-state index contributed by atoms with van der Waals surface area (Å²) in [6.07, 6.45) is 3.34. The number of rotatable bonds is 5. The molecule has 2 N–H and O–H groups in total. The molecule has 0 aliphatic carbocycles. The van der Waals surface area contributed by atoms with Crippen molar-refractivity contribution in [1.82, 2.24) is 10.6 Å². The second-order valence-electron chi connectivity index (χ2n) is 3.85. The Labute approximate surface area is 95.9 Å². The number of hydrogen-bond acceptors (Lipinski definition) is 4. The topological polar surface area (TPSA) is 67.4 Å². The Balaban J connectivity index is 2.12. The van der Waals surface area contributed by atoms with Crippen LogP contribution in [0.2, 0.25) is 0 Å². The summed E-state index contributed by atoms with van der Waals surface area (Å²) in [5.74, 6) is -0.275. The van der Waals surface area contributed by atoms with Gasteiger partial charge in [-0.25, -0.2) is 0 Å². The van der Waals surface area contributed by atoms with Gasteiger partial charge in [0, 0.05) is 6.54 Å². The molecule has 0 aromatic carbocycles. The average molecular weight is 228 g/mol. The van der Waals surface area contributed by atoms with Crippen LogP contribution in [0, 0.1) is 0 Å². The first-order chi connectivity index (χ1) is 7.74. The third-order valence-electron chi connectivity index (χ3n) is 2.56. The minimum Gasteiger partial charge on any atom is -0.466 e. The zero-order chi connectivity index (χ0) is 11.8. The first-order valence-corrected chi connectivity index (χ1v) is 5.90. The highest BCUT2D eigenvalue weighted by Crippen LogP contribution is 2.06. The van der Waals surface area contributed by atoms with Crippen LogP contribution < -0.4 is 10.6 Å². The average Bonchev–Trinajstić information content (AvgIpc) is 2.30. The molecule has 5 heteroatoms. The number of nitrogens with one attached hydrogen (secondary N) is 2. The van der Waals surface area contributed by atoms with Crippen LogP contribution in [0.5, 0.6) is 0 Å². The lowest BCUT2D eigenvalue weighted by Crippen LogP contribution is -2.47. The maximum Gasteiger partial charge on any atom is 0.307 e. The summed E-state index contributed by atoms with van der Waals surface area (Å²) in [4.78, 5) is 22.6. The number of esters is 1. The zero-order valence-electron chi connectivity index (χ0n) is 9.75. The van der Waals surface area contributed by atoms with Crippen LogP contribution in [0.25, 0.3) is 0 Å². The lowest BCUT2D eigenvalue weighted by Gasteiger charge is -2.22. The van der Waals surface area contributed by atoms with Gasteiger partial charge in [-0.3, -0.25) is 9.59 Å². The van der Waals surface area contributed by atoms with Gasteiger partial charge >= 0.3 is 5.97 Å². The van der Waals surface area contributed by atoms with Crippen molar-refractivity contribution in [2.75, 3.05) is 19.7 Å². The van der Waals surface area contributed by atoms with Gasteiger partial charge in [-0.15, -0.1) is 0 Å². The quantitative estimate of drug-likeness (QED) is 0.660. The maximum absolute atomic E-state index is 11.6. The molecule has 1 amide bonds. The number of ether oxygens (including phenoxy) is 1. The summed E-state index contributed by atoms with van der Waals surface area (Å²) >= 11 is 0. The fourth-order valence-corrected chi connectivity index (χ4v) is 1.72. The molecule has 1 heterocycles. The third kappa shape index (κ3) is 4.61. The standard InChI is InChI=1S/C11H20N2O3/c1-2-16-10(14)6-8-13-11(15)9-5-3-4-7-12-9/h9,12H,2-8H2,1H3,(H,13,15)/t9-/m0/s1. The Hall–Kier alpha value is -1.10. The van der Waals surface area contributed by atoms with Crippen LogP contribution in [0.1, 0.15) is 32.6 Å². The normalized spacial score (nSPS) is 20.2. The molecule has 1 aliphatic rings. The van der Waals surface area contributed by atoms with Gasteiger partial charge in [0.15, 0.2) is 0 Å². The largest absolute Gasteiger partial charge is 0.466 e. The van der Waals surface area contributed by atoms with E-state index in [0.29, 0.717) is 13.2 Å². The van der Waals surface area contributed by atoms with Gasteiger partial charge in [0.1, 0.15) is 0 Å². The minimum atomic E-state index is -0.264. The first-order valence-electron chi connectivity index (χ1n) is 5.90. The van der Waals surface area contributed by atoms with E-state index in [1.54, 1.807) is 6.92 Å². The van der Waals surface area contributed by atoms with Crippen molar-refractivity contribution in [2.24, 2.45) is 0 Å². The summed E-state index contributed by atoms with van der Waals surface area (Å²) in [6, 6.07) is -0.0871. The molecule has 5 nitrogen and oxygen atoms in total. The fourth-order valence-electron chi connectivity index (χ4n) is 1.72. The Morgan fingerprint density at radius 3 is 2.88 bits per heavy atom. The van der Waals surface area contributed by atoms with Gasteiger partial charge in [-0.05, 0) is 26.3 Å². The predicted molar refractivity (Wildman–Crippen MR) is 59.9 cm³/mol. The maximum atomic E-state index is 11.6. The molecule has 1 atom stereocenters. The van der Waals surface area contributed by atoms with Crippen molar-refractivity contribution < 1.29 is 14.3 Å². The highest BCUT2D eigenvalue weighted by atomic mass is 16.5. The molecule has 0 aromatic rings. The Kier molecular flexibility index (Phi) is 5.85. The molecule has 0 radical (unpaired) electrons. The molecule has 1 aliphatic heterocycles. The number of hydrogen-bond donors (Lipinski definition) is 2. The fraction of sp³-hybridized carbons (Fsp3) is 0.818. The first kappa shape index (κ1) is 13.0. The minimum absolute atomic E-state index is 0.0102. The monoisotopic (exact) mass is 228 g/mol. The molecular weight excluding hydrogens is 208 g/mol. The molecule has 92 valence electrons. The summed E-state index contributed by atoms with van der Waals surface area (Å²) in [7, 11) is 0. The van der Waals surface area contributed by atoms with E-state index in [-0.39, 0.29) is 24.3 Å². The summed E-state index contributed by atoms with van der Waals surface area (Å²) < 4.78 is 4.76. The molecule has 0 aromatic heterocycles. The van der Waals surface area contributed by atoms with Crippen LogP contribution >= 0.6 is 0 Å². The van der Waals surface area contributed by atoms with Crippen LogP contribution in [0.4, 0.5) is 0 Å². The SMILES string of the molecule is CCOC(=O)CCNC(=O)[C@@H]1CCCCN1. The Bertz CT molecular complexity index is 237. The Morgan fingerprint density at radius 2 is 2.25 bits per heavy atom. The molecule has 1 rings (SSSR count). The van der Waals surface area contributed by atoms with E-state index in [0.717, 1.165) is 25.8 Å². The number of carbonyl (C=O) groups is 2. The molecule has 0 saturated carbocycles. The van der Waals surface area contributed by atoms with E-state index in [1.165, 1.54) is 0 Å². The predicted octanol–water partition coefficient (Wildman–Crippen LogP) is 0.198. The summed E-state index contributed by atoms with van der Waals surface area (Å²) in [6.45, 7) is 3.41. The smallest absolute Gasteiger partial charge is 0.307 e. The van der Waals surface area contributed by atoms with E-state index in [1.807, 2.05) is 0 Å². The van der Waals surface area contributed by atoms with E-state index in [9.17, 15) is 9.59 Å². The van der Waals surface area contributed by atoms with Crippen molar-refractivity contribution in [3.8, 4) is 0 Å². The number of amides is 1. The van der Waals surface area contributed by atoms with Crippen LogP contribution in [0.15, 0.2) is 0 Å². The van der Waals surface area contributed by atoms with E-state index in [4.69, 9.17) is 4.74 Å². The van der Waals surface area contributed by atoms with Crippen molar-refractivity contribution >= 4 is 11.9 Å². The van der Waals surface area contributed by atoms with Gasteiger partial charge in [0.05, 0.1) is 19.1 Å². The lowest BCUT2D eigenvalue weighted by atomic mass is 10.0. The molecular formula is C11H20N2O3. The van der Waals surface area contributed by atoms with Crippen molar-refractivity contribution in [1.29, 1.82) is 0 Å². The van der Waals surface area contributed by atoms with Gasteiger partial charge in [-0.1, -0.05) is 6.42 Å². The van der Waals surface area contributed by atoms with E-state index >= 15 is 0 Å². The third-order valence-corrected chi connectivity index (χ3v) is 2.56. The lowest BCUT2D eigenvalue weighted by molar-refractivity contribution is -0.143. The van der Waals surface area contributed by atoms with Gasteiger partial charge in [0.25, 0.3) is 0 Å². The van der Waals surface area contributed by atoms with Gasteiger partial charge < -0.3 is 15.4 Å². The van der Waals surface area contributed by atoms with Crippen molar-refractivity contribution in [2.45, 2.75) is 38.6 Å². The van der Waals surface area contributed by atoms with E-state index in [2.05, 4.69) is 10.6 Å². The summed E-state index contributed by atoms with van der Waals surface area (Å²) in [5.41, 5.74) is 0. The zero-order valence-corrected chi connectivity index (χ0v) is 9.75. The Morgan fingerprint density at radius 1 is 1.44 bits per heavy atom. The molecule has 0 unspecified atom stereocenters. The van der Waals surface area contributed by atoms with Crippen molar-refractivity contribution in [3.05, 3.63) is 0 Å². The molecule has 1 fully saturated rings.